The second-order valence-electron chi connectivity index (χ2n) is 9.02. The molecule has 3 fully saturated rings. The quantitative estimate of drug-likeness (QED) is 0.534. The molecule has 2 atom stereocenters. The molecule has 3 aliphatic rings. The lowest BCUT2D eigenvalue weighted by Gasteiger charge is -2.31. The van der Waals surface area contributed by atoms with Gasteiger partial charge in [0.25, 0.3) is 0 Å². The van der Waals surface area contributed by atoms with Gasteiger partial charge in [0.2, 0.25) is 0 Å². The van der Waals surface area contributed by atoms with Gasteiger partial charge in [0.1, 0.15) is 5.60 Å². The molecule has 0 aliphatic carbocycles. The highest BCUT2D eigenvalue weighted by atomic mass is 32.1. The smallest absolute Gasteiger partial charge is 0.475 e. The highest BCUT2D eigenvalue weighted by Crippen LogP contribution is 2.34. The number of hydrogen-bond donors (Lipinski definition) is 2. The maximum absolute atomic E-state index is 10.6. The Balaban J connectivity index is 0.000000286. The van der Waals surface area contributed by atoms with Gasteiger partial charge in [-0.1, -0.05) is 6.07 Å². The number of hydrogen-bond acceptors (Lipinski definition) is 7. The third kappa shape index (κ3) is 11.1. The maximum atomic E-state index is 10.6. The number of ether oxygens (including phenoxy) is 2. The van der Waals surface area contributed by atoms with Gasteiger partial charge >= 0.3 is 24.3 Å². The fourth-order valence-electron chi connectivity index (χ4n) is 4.34. The van der Waals surface area contributed by atoms with E-state index in [1.807, 2.05) is 11.3 Å². The van der Waals surface area contributed by atoms with Gasteiger partial charge in [-0.05, 0) is 49.7 Å². The molecule has 1 aromatic heterocycles. The fraction of sp³-hybridized carbons (Fsp3) is 0.727. The molecule has 0 saturated carbocycles. The third-order valence-corrected chi connectivity index (χ3v) is 6.74. The van der Waals surface area contributed by atoms with Crippen LogP contribution >= 0.6 is 11.3 Å². The van der Waals surface area contributed by atoms with Crippen LogP contribution in [0.5, 0.6) is 0 Å². The molecule has 37 heavy (non-hydrogen) atoms. The zero-order valence-corrected chi connectivity index (χ0v) is 20.7. The monoisotopic (exact) mass is 564 g/mol. The lowest BCUT2D eigenvalue weighted by molar-refractivity contribution is -0.193. The summed E-state index contributed by atoms with van der Waals surface area (Å²) in [5.74, 6) is -4.83. The second kappa shape index (κ2) is 13.7. The summed E-state index contributed by atoms with van der Waals surface area (Å²) >= 11 is 1.85. The standard InChI is InChI=1S/C18H28N2O2S.2C2HF3O2/c1-2-6-19(5-1)11-16-10-18(22-13-16)14-20(7-8-21-15-18)12-17-4-3-9-23-17;2*3-2(4,5)1(6)7/h3-4,9,16H,1-2,5-8,10-15H2;2*(H,6,7). The van der Waals surface area contributed by atoms with Crippen LogP contribution in [0.1, 0.15) is 24.1 Å². The van der Waals surface area contributed by atoms with E-state index in [-0.39, 0.29) is 5.60 Å². The topological polar surface area (TPSA) is 99.5 Å². The number of halogens is 6. The van der Waals surface area contributed by atoms with Crippen molar-refractivity contribution in [1.82, 2.24) is 9.80 Å². The molecule has 0 bridgehead atoms. The summed E-state index contributed by atoms with van der Waals surface area (Å²) in [6.45, 7) is 9.34. The maximum Gasteiger partial charge on any atom is 0.490 e. The van der Waals surface area contributed by atoms with Crippen molar-refractivity contribution in [3.8, 4) is 0 Å². The normalized spacial score (nSPS) is 25.1. The summed E-state index contributed by atoms with van der Waals surface area (Å²) < 4.78 is 75.7. The molecule has 3 aliphatic heterocycles. The molecular weight excluding hydrogens is 534 g/mol. The third-order valence-electron chi connectivity index (χ3n) is 5.87. The van der Waals surface area contributed by atoms with Crippen LogP contribution in [0.25, 0.3) is 0 Å². The Morgan fingerprint density at radius 2 is 1.62 bits per heavy atom. The number of thiophene rings is 1. The van der Waals surface area contributed by atoms with Gasteiger partial charge in [-0.2, -0.15) is 26.3 Å². The molecule has 4 heterocycles. The Morgan fingerprint density at radius 3 is 2.14 bits per heavy atom. The van der Waals surface area contributed by atoms with E-state index in [1.54, 1.807) is 0 Å². The number of carboxylic acid groups (broad SMARTS) is 2. The molecule has 2 unspecified atom stereocenters. The van der Waals surface area contributed by atoms with Crippen LogP contribution in [0.2, 0.25) is 0 Å². The molecule has 0 amide bonds. The van der Waals surface area contributed by atoms with Gasteiger partial charge in [-0.25, -0.2) is 9.59 Å². The number of aliphatic carboxylic acids is 2. The number of alkyl halides is 6. The molecule has 1 spiro atoms. The average molecular weight is 565 g/mol. The van der Waals surface area contributed by atoms with E-state index in [2.05, 4.69) is 27.3 Å². The van der Waals surface area contributed by atoms with Crippen molar-refractivity contribution in [1.29, 1.82) is 0 Å². The van der Waals surface area contributed by atoms with Gasteiger partial charge in [0, 0.05) is 31.1 Å². The first-order chi connectivity index (χ1) is 17.2. The van der Waals surface area contributed by atoms with Crippen molar-refractivity contribution in [3.63, 3.8) is 0 Å². The summed E-state index contributed by atoms with van der Waals surface area (Å²) in [5, 5.41) is 16.4. The lowest BCUT2D eigenvalue weighted by atomic mass is 9.94. The molecule has 0 aromatic carbocycles. The van der Waals surface area contributed by atoms with E-state index in [9.17, 15) is 26.3 Å². The average Bonchev–Trinajstić information content (AvgIpc) is 3.52. The van der Waals surface area contributed by atoms with Crippen LogP contribution < -0.4 is 0 Å². The Kier molecular flexibility index (Phi) is 11.6. The molecule has 15 heteroatoms. The minimum absolute atomic E-state index is 0.0713. The molecule has 1 aromatic rings. The molecule has 8 nitrogen and oxygen atoms in total. The Labute approximate surface area is 213 Å². The molecule has 0 radical (unpaired) electrons. The zero-order valence-electron chi connectivity index (χ0n) is 19.9. The van der Waals surface area contributed by atoms with Crippen molar-refractivity contribution in [2.24, 2.45) is 5.92 Å². The van der Waals surface area contributed by atoms with Crippen molar-refractivity contribution in [3.05, 3.63) is 22.4 Å². The highest BCUT2D eigenvalue weighted by Gasteiger charge is 2.44. The van der Waals surface area contributed by atoms with E-state index >= 15 is 0 Å². The first-order valence-electron chi connectivity index (χ1n) is 11.5. The first-order valence-corrected chi connectivity index (χ1v) is 12.4. The Hall–Kier alpha value is -1.94. The summed E-state index contributed by atoms with van der Waals surface area (Å²) in [5.41, 5.74) is -0.0713. The number of nitrogens with zero attached hydrogens (tertiary/aromatic N) is 2. The van der Waals surface area contributed by atoms with Crippen LogP contribution in [0.3, 0.4) is 0 Å². The predicted molar refractivity (Wildman–Crippen MR) is 120 cm³/mol. The fourth-order valence-corrected chi connectivity index (χ4v) is 5.09. The molecule has 3 saturated heterocycles. The lowest BCUT2D eigenvalue weighted by Crippen LogP contribution is -2.44. The van der Waals surface area contributed by atoms with Crippen LogP contribution in [-0.4, -0.2) is 102 Å². The number of carboxylic acids is 2. The van der Waals surface area contributed by atoms with Gasteiger partial charge in [-0.15, -0.1) is 11.3 Å². The van der Waals surface area contributed by atoms with Crippen molar-refractivity contribution in [2.75, 3.05) is 52.5 Å². The van der Waals surface area contributed by atoms with Gasteiger partial charge < -0.3 is 24.6 Å². The van der Waals surface area contributed by atoms with Crippen LogP contribution in [0, 0.1) is 5.92 Å². The first kappa shape index (κ1) is 31.3. The summed E-state index contributed by atoms with van der Waals surface area (Å²) in [4.78, 5) is 24.4. The van der Waals surface area contributed by atoms with E-state index in [0.717, 1.165) is 45.9 Å². The molecule has 212 valence electrons. The number of rotatable bonds is 4. The molecule has 2 N–H and O–H groups in total. The Bertz CT molecular complexity index is 824. The largest absolute Gasteiger partial charge is 0.490 e. The van der Waals surface area contributed by atoms with Crippen molar-refractivity contribution >= 4 is 23.3 Å². The molecular formula is C22H30F6N2O6S. The van der Waals surface area contributed by atoms with E-state index in [1.165, 1.54) is 37.4 Å². The van der Waals surface area contributed by atoms with Gasteiger partial charge in [-0.3, -0.25) is 4.90 Å². The second-order valence-corrected chi connectivity index (χ2v) is 10.1. The minimum Gasteiger partial charge on any atom is -0.475 e. The van der Waals surface area contributed by atoms with Crippen molar-refractivity contribution < 1.29 is 55.6 Å². The Morgan fingerprint density at radius 1 is 1.03 bits per heavy atom. The summed E-state index contributed by atoms with van der Waals surface area (Å²) in [7, 11) is 0. The van der Waals surface area contributed by atoms with E-state index < -0.39 is 24.3 Å². The number of carbonyl (C=O) groups is 2. The SMILES string of the molecule is O=C(O)C(F)(F)F.O=C(O)C(F)(F)F.c1csc(CN2CCOCC3(CC(CN4CCCC4)CO3)C2)c1. The molecule has 4 rings (SSSR count). The van der Waals surface area contributed by atoms with Crippen molar-refractivity contribution in [2.45, 2.75) is 43.8 Å². The predicted octanol–water partition coefficient (Wildman–Crippen LogP) is 3.72. The zero-order chi connectivity index (χ0) is 27.7. The van der Waals surface area contributed by atoms with Gasteiger partial charge in [0.15, 0.2) is 0 Å². The van der Waals surface area contributed by atoms with E-state index in [0.29, 0.717) is 5.92 Å². The number of likely N-dealkylation sites (tertiary alicyclic amines) is 1. The van der Waals surface area contributed by atoms with Crippen LogP contribution in [0.15, 0.2) is 17.5 Å². The summed E-state index contributed by atoms with van der Waals surface area (Å²) in [6, 6.07) is 4.37. The van der Waals surface area contributed by atoms with Gasteiger partial charge in [0.05, 0.1) is 19.8 Å². The minimum atomic E-state index is -5.08. The summed E-state index contributed by atoms with van der Waals surface area (Å²) in [6.07, 6.45) is -6.27. The van der Waals surface area contributed by atoms with E-state index in [4.69, 9.17) is 29.3 Å². The van der Waals surface area contributed by atoms with Crippen LogP contribution in [0.4, 0.5) is 26.3 Å². The van der Waals surface area contributed by atoms with Crippen LogP contribution in [-0.2, 0) is 25.6 Å². The highest BCUT2D eigenvalue weighted by molar-refractivity contribution is 7.09.